The number of fused-ring (bicyclic) bond motifs is 1. The van der Waals surface area contributed by atoms with E-state index in [0.29, 0.717) is 5.56 Å². The molecule has 3 nitrogen and oxygen atoms in total. The average molecular weight is 261 g/mol. The number of aryl methyl sites for hydroxylation is 2. The Morgan fingerprint density at radius 2 is 2.05 bits per heavy atom. The molecule has 1 aliphatic rings. The summed E-state index contributed by atoms with van der Waals surface area (Å²) in [4.78, 5) is 12.1. The van der Waals surface area contributed by atoms with Crippen molar-refractivity contribution in [3.05, 3.63) is 34.9 Å². The van der Waals surface area contributed by atoms with E-state index in [1.165, 1.54) is 17.5 Å². The monoisotopic (exact) mass is 261 g/mol. The van der Waals surface area contributed by atoms with Gasteiger partial charge >= 0.3 is 0 Å². The number of rotatable bonds is 4. The molecule has 1 unspecified atom stereocenters. The Hall–Kier alpha value is -1.35. The second-order valence-corrected chi connectivity index (χ2v) is 6.03. The van der Waals surface area contributed by atoms with Crippen LogP contribution in [0.1, 0.15) is 48.7 Å². The Bertz CT molecular complexity index is 478. The lowest BCUT2D eigenvalue weighted by atomic mass is 9.92. The molecule has 104 valence electrons. The zero-order chi connectivity index (χ0) is 14.0. The molecule has 2 N–H and O–H groups in total. The second kappa shape index (κ2) is 5.33. The smallest absolute Gasteiger partial charge is 0.251 e. The van der Waals surface area contributed by atoms with Gasteiger partial charge in [0.05, 0.1) is 5.60 Å². The highest BCUT2D eigenvalue weighted by molar-refractivity contribution is 5.94. The van der Waals surface area contributed by atoms with Gasteiger partial charge in [0.2, 0.25) is 0 Å². The van der Waals surface area contributed by atoms with Crippen LogP contribution in [0.15, 0.2) is 18.2 Å². The van der Waals surface area contributed by atoms with E-state index in [0.717, 1.165) is 12.8 Å². The van der Waals surface area contributed by atoms with Crippen LogP contribution in [0.3, 0.4) is 0 Å². The Labute approximate surface area is 115 Å². The molecule has 19 heavy (non-hydrogen) atoms. The first kappa shape index (κ1) is 14.1. The van der Waals surface area contributed by atoms with Gasteiger partial charge in [-0.25, -0.2) is 0 Å². The Kier molecular flexibility index (Phi) is 3.95. The molecule has 0 bridgehead atoms. The molecule has 0 fully saturated rings. The Morgan fingerprint density at radius 3 is 2.74 bits per heavy atom. The summed E-state index contributed by atoms with van der Waals surface area (Å²) in [6.45, 7) is 5.92. The van der Waals surface area contributed by atoms with Gasteiger partial charge in [0.15, 0.2) is 0 Å². The molecule has 0 aliphatic heterocycles. The van der Waals surface area contributed by atoms with E-state index >= 15 is 0 Å². The lowest BCUT2D eigenvalue weighted by Crippen LogP contribution is -2.44. The van der Waals surface area contributed by atoms with Crippen molar-refractivity contribution in [1.82, 2.24) is 5.32 Å². The van der Waals surface area contributed by atoms with Crippen molar-refractivity contribution in [1.29, 1.82) is 0 Å². The predicted octanol–water partition coefficient (Wildman–Crippen LogP) is 2.31. The molecule has 1 aliphatic carbocycles. The number of nitrogens with one attached hydrogen (secondary N) is 1. The molecule has 1 aromatic carbocycles. The van der Waals surface area contributed by atoms with Crippen molar-refractivity contribution in [2.45, 2.75) is 45.6 Å². The molecular weight excluding hydrogens is 238 g/mol. The zero-order valence-electron chi connectivity index (χ0n) is 12.0. The predicted molar refractivity (Wildman–Crippen MR) is 76.3 cm³/mol. The molecule has 1 aromatic rings. The maximum atomic E-state index is 12.1. The van der Waals surface area contributed by atoms with Crippen molar-refractivity contribution in [2.75, 3.05) is 6.54 Å². The molecule has 1 amide bonds. The molecule has 1 atom stereocenters. The fraction of sp³-hybridized carbons (Fsp3) is 0.562. The fourth-order valence-corrected chi connectivity index (χ4v) is 2.28. The molecule has 2 rings (SSSR count). The van der Waals surface area contributed by atoms with Gasteiger partial charge in [0.25, 0.3) is 5.91 Å². The average Bonchev–Trinajstić information content (AvgIpc) is 2.82. The van der Waals surface area contributed by atoms with Gasteiger partial charge in [-0.05, 0) is 55.4 Å². The summed E-state index contributed by atoms with van der Waals surface area (Å²) >= 11 is 0. The lowest BCUT2D eigenvalue weighted by Gasteiger charge is -2.27. The van der Waals surface area contributed by atoms with E-state index in [1.54, 1.807) is 6.92 Å². The van der Waals surface area contributed by atoms with Crippen LogP contribution in [0.2, 0.25) is 0 Å². The first-order valence-electron chi connectivity index (χ1n) is 7.02. The zero-order valence-corrected chi connectivity index (χ0v) is 12.0. The molecule has 0 aromatic heterocycles. The highest BCUT2D eigenvalue weighted by atomic mass is 16.3. The molecular formula is C16H23NO2. The lowest BCUT2D eigenvalue weighted by molar-refractivity contribution is 0.0142. The van der Waals surface area contributed by atoms with Crippen LogP contribution in [0.4, 0.5) is 0 Å². The summed E-state index contributed by atoms with van der Waals surface area (Å²) in [5.74, 6) is 0.00319. The van der Waals surface area contributed by atoms with Crippen molar-refractivity contribution >= 4 is 5.91 Å². The molecule has 0 saturated heterocycles. The molecule has 0 radical (unpaired) electrons. The number of carbonyl (C=O) groups is 1. The second-order valence-electron chi connectivity index (χ2n) is 6.03. The van der Waals surface area contributed by atoms with Gasteiger partial charge in [-0.3, -0.25) is 4.79 Å². The number of amides is 1. The van der Waals surface area contributed by atoms with Crippen LogP contribution in [0.5, 0.6) is 0 Å². The van der Waals surface area contributed by atoms with Crippen LogP contribution in [0, 0.1) is 5.92 Å². The van der Waals surface area contributed by atoms with Crippen LogP contribution >= 0.6 is 0 Å². The summed E-state index contributed by atoms with van der Waals surface area (Å²) in [7, 11) is 0. The van der Waals surface area contributed by atoms with Gasteiger partial charge in [0.1, 0.15) is 0 Å². The van der Waals surface area contributed by atoms with Gasteiger partial charge in [-0.2, -0.15) is 0 Å². The van der Waals surface area contributed by atoms with Gasteiger partial charge in [-0.15, -0.1) is 0 Å². The molecule has 0 spiro atoms. The SMILES string of the molecule is CC(C)C(C)(O)CNC(=O)c1ccc2c(c1)CCC2. The van der Waals surface area contributed by atoms with E-state index in [1.807, 2.05) is 26.0 Å². The highest BCUT2D eigenvalue weighted by Gasteiger charge is 2.25. The van der Waals surface area contributed by atoms with Crippen molar-refractivity contribution < 1.29 is 9.90 Å². The summed E-state index contributed by atoms with van der Waals surface area (Å²) in [6.07, 6.45) is 3.38. The van der Waals surface area contributed by atoms with Crippen LogP contribution in [0.25, 0.3) is 0 Å². The van der Waals surface area contributed by atoms with Gasteiger partial charge in [0, 0.05) is 12.1 Å². The van der Waals surface area contributed by atoms with E-state index in [4.69, 9.17) is 0 Å². The third-order valence-electron chi connectivity index (χ3n) is 4.21. The minimum Gasteiger partial charge on any atom is -0.388 e. The number of hydrogen-bond donors (Lipinski definition) is 2. The fourth-order valence-electron chi connectivity index (χ4n) is 2.28. The maximum absolute atomic E-state index is 12.1. The summed E-state index contributed by atoms with van der Waals surface area (Å²) in [5.41, 5.74) is 2.49. The van der Waals surface area contributed by atoms with Gasteiger partial charge in [-0.1, -0.05) is 19.9 Å². The third kappa shape index (κ3) is 3.16. The van der Waals surface area contributed by atoms with Crippen LogP contribution in [-0.4, -0.2) is 23.2 Å². The number of aliphatic hydroxyl groups is 1. The van der Waals surface area contributed by atoms with E-state index < -0.39 is 5.60 Å². The molecule has 0 saturated carbocycles. The number of benzene rings is 1. The van der Waals surface area contributed by atoms with Crippen molar-refractivity contribution in [3.63, 3.8) is 0 Å². The minimum atomic E-state index is -0.869. The third-order valence-corrected chi connectivity index (χ3v) is 4.21. The minimum absolute atomic E-state index is 0.101. The van der Waals surface area contributed by atoms with Crippen LogP contribution in [-0.2, 0) is 12.8 Å². The Balaban J connectivity index is 2.01. The molecule has 3 heteroatoms. The van der Waals surface area contributed by atoms with Gasteiger partial charge < -0.3 is 10.4 Å². The number of carbonyl (C=O) groups excluding carboxylic acids is 1. The summed E-state index contributed by atoms with van der Waals surface area (Å²) in [5, 5.41) is 13.0. The van der Waals surface area contributed by atoms with E-state index in [2.05, 4.69) is 11.4 Å². The molecule has 0 heterocycles. The van der Waals surface area contributed by atoms with E-state index in [9.17, 15) is 9.90 Å². The highest BCUT2D eigenvalue weighted by Crippen LogP contribution is 2.23. The quantitative estimate of drug-likeness (QED) is 0.874. The standard InChI is InChI=1S/C16H23NO2/c1-11(2)16(3,19)10-17-15(18)14-8-7-12-5-4-6-13(12)9-14/h7-9,11,19H,4-6,10H2,1-3H3,(H,17,18). The first-order valence-corrected chi connectivity index (χ1v) is 7.02. The first-order chi connectivity index (χ1) is 8.90. The Morgan fingerprint density at radius 1 is 1.37 bits per heavy atom. The largest absolute Gasteiger partial charge is 0.388 e. The van der Waals surface area contributed by atoms with Crippen molar-refractivity contribution in [3.8, 4) is 0 Å². The maximum Gasteiger partial charge on any atom is 0.251 e. The van der Waals surface area contributed by atoms with E-state index in [-0.39, 0.29) is 18.4 Å². The van der Waals surface area contributed by atoms with Crippen molar-refractivity contribution in [2.24, 2.45) is 5.92 Å². The number of hydrogen-bond acceptors (Lipinski definition) is 2. The summed E-state index contributed by atoms with van der Waals surface area (Å²) < 4.78 is 0. The summed E-state index contributed by atoms with van der Waals surface area (Å²) in [6, 6.07) is 5.92. The normalized spacial score (nSPS) is 17.1. The van der Waals surface area contributed by atoms with Crippen LogP contribution < -0.4 is 5.32 Å². The topological polar surface area (TPSA) is 49.3 Å².